The van der Waals surface area contributed by atoms with E-state index in [1.807, 2.05) is 12.1 Å². The maximum atomic E-state index is 6.13. The summed E-state index contributed by atoms with van der Waals surface area (Å²) in [6, 6.07) is 8.60. The summed E-state index contributed by atoms with van der Waals surface area (Å²) >= 11 is 6.13. The van der Waals surface area contributed by atoms with Crippen LogP contribution in [0.5, 0.6) is 0 Å². The number of nitrogens with one attached hydrogen (secondary N) is 1. The van der Waals surface area contributed by atoms with Crippen molar-refractivity contribution in [3.8, 4) is 0 Å². The smallest absolute Gasteiger partial charge is 0.0409 e. The average Bonchev–Trinajstić information content (AvgIpc) is 2.45. The van der Waals surface area contributed by atoms with Crippen molar-refractivity contribution in [1.82, 2.24) is 15.1 Å². The molecule has 1 rings (SSSR count). The summed E-state index contributed by atoms with van der Waals surface area (Å²) in [4.78, 5) is 4.62. The summed E-state index contributed by atoms with van der Waals surface area (Å²) in [5, 5.41) is 4.45. The van der Waals surface area contributed by atoms with E-state index in [1.165, 1.54) is 5.56 Å². The highest BCUT2D eigenvalue weighted by Gasteiger charge is 2.12. The standard InChI is InChI=1S/C17H30ClN3/c1-5-10-19-17(15-7-6-8-16(18)14-15)9-11-21(4)13-12-20(2)3/h6-8,14,17,19H,5,9-13H2,1-4H3. The fourth-order valence-corrected chi connectivity index (χ4v) is 2.46. The molecule has 1 atom stereocenters. The van der Waals surface area contributed by atoms with Gasteiger partial charge in [-0.3, -0.25) is 0 Å². The Morgan fingerprint density at radius 3 is 2.52 bits per heavy atom. The minimum atomic E-state index is 0.380. The van der Waals surface area contributed by atoms with Crippen LogP contribution in [0.15, 0.2) is 24.3 Å². The van der Waals surface area contributed by atoms with Crippen LogP contribution in [-0.4, -0.2) is 57.1 Å². The number of halogens is 1. The Labute approximate surface area is 135 Å². The van der Waals surface area contributed by atoms with Crippen LogP contribution in [-0.2, 0) is 0 Å². The third-order valence-corrected chi connectivity index (χ3v) is 3.86. The van der Waals surface area contributed by atoms with Crippen LogP contribution < -0.4 is 5.32 Å². The fourth-order valence-electron chi connectivity index (χ4n) is 2.26. The van der Waals surface area contributed by atoms with Crippen molar-refractivity contribution in [3.63, 3.8) is 0 Å². The van der Waals surface area contributed by atoms with Gasteiger partial charge in [-0.05, 0) is 64.8 Å². The molecule has 120 valence electrons. The molecule has 1 N–H and O–H groups in total. The average molecular weight is 312 g/mol. The Balaban J connectivity index is 2.54. The monoisotopic (exact) mass is 311 g/mol. The van der Waals surface area contributed by atoms with Crippen molar-refractivity contribution < 1.29 is 0 Å². The Morgan fingerprint density at radius 2 is 1.90 bits per heavy atom. The molecule has 0 bridgehead atoms. The number of nitrogens with zero attached hydrogens (tertiary/aromatic N) is 2. The van der Waals surface area contributed by atoms with E-state index >= 15 is 0 Å². The van der Waals surface area contributed by atoms with Gasteiger partial charge in [0.25, 0.3) is 0 Å². The van der Waals surface area contributed by atoms with Crippen molar-refractivity contribution in [2.45, 2.75) is 25.8 Å². The molecule has 0 radical (unpaired) electrons. The van der Waals surface area contributed by atoms with E-state index in [-0.39, 0.29) is 0 Å². The summed E-state index contributed by atoms with van der Waals surface area (Å²) < 4.78 is 0. The molecule has 0 fully saturated rings. The minimum Gasteiger partial charge on any atom is -0.310 e. The van der Waals surface area contributed by atoms with Crippen LogP contribution in [0.2, 0.25) is 5.02 Å². The summed E-state index contributed by atoms with van der Waals surface area (Å²) in [6.07, 6.45) is 2.25. The van der Waals surface area contributed by atoms with E-state index in [0.29, 0.717) is 6.04 Å². The predicted octanol–water partition coefficient (Wildman–Crippen LogP) is 3.26. The second-order valence-corrected chi connectivity index (χ2v) is 6.39. The zero-order valence-electron chi connectivity index (χ0n) is 13.9. The fraction of sp³-hybridized carbons (Fsp3) is 0.647. The first-order valence-electron chi connectivity index (χ1n) is 7.85. The van der Waals surface area contributed by atoms with Crippen molar-refractivity contribution >= 4 is 11.6 Å². The van der Waals surface area contributed by atoms with E-state index in [2.05, 4.69) is 55.3 Å². The normalized spacial score (nSPS) is 13.1. The van der Waals surface area contributed by atoms with Gasteiger partial charge < -0.3 is 15.1 Å². The molecule has 0 aliphatic heterocycles. The van der Waals surface area contributed by atoms with Gasteiger partial charge in [-0.25, -0.2) is 0 Å². The Bertz CT molecular complexity index is 395. The number of benzene rings is 1. The van der Waals surface area contributed by atoms with Gasteiger partial charge in [-0.1, -0.05) is 30.7 Å². The van der Waals surface area contributed by atoms with Crippen LogP contribution in [0.1, 0.15) is 31.4 Å². The third kappa shape index (κ3) is 7.82. The first-order chi connectivity index (χ1) is 10.0. The van der Waals surface area contributed by atoms with Crippen LogP contribution in [0, 0.1) is 0 Å². The lowest BCUT2D eigenvalue weighted by molar-refractivity contribution is 0.268. The number of rotatable bonds is 10. The van der Waals surface area contributed by atoms with Crippen molar-refractivity contribution in [3.05, 3.63) is 34.9 Å². The summed E-state index contributed by atoms with van der Waals surface area (Å²) in [5.41, 5.74) is 1.29. The van der Waals surface area contributed by atoms with E-state index in [0.717, 1.165) is 44.0 Å². The molecule has 1 unspecified atom stereocenters. The second kappa shape index (κ2) is 10.2. The van der Waals surface area contributed by atoms with Gasteiger partial charge in [0.2, 0.25) is 0 Å². The predicted molar refractivity (Wildman–Crippen MR) is 93.2 cm³/mol. The van der Waals surface area contributed by atoms with E-state index in [1.54, 1.807) is 0 Å². The van der Waals surface area contributed by atoms with Gasteiger partial charge in [0.15, 0.2) is 0 Å². The lowest BCUT2D eigenvalue weighted by atomic mass is 10.0. The topological polar surface area (TPSA) is 18.5 Å². The highest BCUT2D eigenvalue weighted by molar-refractivity contribution is 6.30. The molecule has 0 saturated carbocycles. The molecule has 1 aromatic carbocycles. The van der Waals surface area contributed by atoms with Crippen LogP contribution >= 0.6 is 11.6 Å². The first-order valence-corrected chi connectivity index (χ1v) is 8.22. The molecule has 4 heteroatoms. The molecule has 3 nitrogen and oxygen atoms in total. The highest BCUT2D eigenvalue weighted by atomic mass is 35.5. The molecule has 0 amide bonds. The van der Waals surface area contributed by atoms with Crippen molar-refractivity contribution in [2.75, 3.05) is 47.3 Å². The second-order valence-electron chi connectivity index (χ2n) is 5.96. The van der Waals surface area contributed by atoms with E-state index < -0.39 is 0 Å². The van der Waals surface area contributed by atoms with E-state index in [9.17, 15) is 0 Å². The minimum absolute atomic E-state index is 0.380. The maximum Gasteiger partial charge on any atom is 0.0409 e. The van der Waals surface area contributed by atoms with Gasteiger partial charge in [-0.15, -0.1) is 0 Å². The van der Waals surface area contributed by atoms with Gasteiger partial charge in [-0.2, -0.15) is 0 Å². The summed E-state index contributed by atoms with van der Waals surface area (Å²) in [5.74, 6) is 0. The zero-order chi connectivity index (χ0) is 15.7. The van der Waals surface area contributed by atoms with Crippen molar-refractivity contribution in [2.24, 2.45) is 0 Å². The highest BCUT2D eigenvalue weighted by Crippen LogP contribution is 2.20. The number of hydrogen-bond donors (Lipinski definition) is 1. The molecule has 1 aromatic rings. The van der Waals surface area contributed by atoms with Crippen molar-refractivity contribution in [1.29, 1.82) is 0 Å². The molecule has 0 aliphatic carbocycles. The van der Waals surface area contributed by atoms with Gasteiger partial charge >= 0.3 is 0 Å². The lowest BCUT2D eigenvalue weighted by Crippen LogP contribution is -2.32. The summed E-state index contributed by atoms with van der Waals surface area (Å²) in [7, 11) is 6.43. The number of hydrogen-bond acceptors (Lipinski definition) is 3. The molecule has 0 spiro atoms. The third-order valence-electron chi connectivity index (χ3n) is 3.62. The summed E-state index contributed by atoms with van der Waals surface area (Å²) in [6.45, 7) is 6.52. The van der Waals surface area contributed by atoms with Gasteiger partial charge in [0.1, 0.15) is 0 Å². The molecular formula is C17H30ClN3. The number of likely N-dealkylation sites (N-methyl/N-ethyl adjacent to an activating group) is 2. The maximum absolute atomic E-state index is 6.13. The Morgan fingerprint density at radius 1 is 1.14 bits per heavy atom. The molecule has 21 heavy (non-hydrogen) atoms. The molecular weight excluding hydrogens is 282 g/mol. The quantitative estimate of drug-likeness (QED) is 0.715. The van der Waals surface area contributed by atoms with E-state index in [4.69, 9.17) is 11.6 Å². The van der Waals surface area contributed by atoms with Gasteiger partial charge in [0.05, 0.1) is 0 Å². The largest absolute Gasteiger partial charge is 0.310 e. The van der Waals surface area contributed by atoms with Gasteiger partial charge in [0, 0.05) is 24.2 Å². The molecule has 0 aliphatic rings. The molecule has 0 aromatic heterocycles. The Kier molecular flexibility index (Phi) is 8.93. The first kappa shape index (κ1) is 18.4. The SMILES string of the molecule is CCCNC(CCN(C)CCN(C)C)c1cccc(Cl)c1. The zero-order valence-corrected chi connectivity index (χ0v) is 14.7. The Hall–Kier alpha value is -0.610. The van der Waals surface area contributed by atoms with Crippen LogP contribution in [0.4, 0.5) is 0 Å². The molecule has 0 saturated heterocycles. The van der Waals surface area contributed by atoms with Crippen LogP contribution in [0.25, 0.3) is 0 Å². The molecule has 0 heterocycles. The lowest BCUT2D eigenvalue weighted by Gasteiger charge is -2.24. The van der Waals surface area contributed by atoms with Crippen LogP contribution in [0.3, 0.4) is 0 Å².